The zero-order valence-corrected chi connectivity index (χ0v) is 18.0. The summed E-state index contributed by atoms with van der Waals surface area (Å²) in [6.07, 6.45) is -4.52. The molecule has 172 valence electrons. The smallest absolute Gasteiger partial charge is 0.131 e. The number of hydrogen-bond acceptors (Lipinski definition) is 6. The molecular weight excluding hydrogens is 417 g/mol. The predicted octanol–water partition coefficient (Wildman–Crippen LogP) is 2.05. The van der Waals surface area contributed by atoms with Crippen LogP contribution in [-0.2, 0) is 11.3 Å². The first-order valence-corrected chi connectivity index (χ1v) is 10.6. The summed E-state index contributed by atoms with van der Waals surface area (Å²) >= 11 is 0. The zero-order chi connectivity index (χ0) is 23.0. The van der Waals surface area contributed by atoms with Crippen LogP contribution in [0.3, 0.4) is 0 Å². The summed E-state index contributed by atoms with van der Waals surface area (Å²) in [6, 6.07) is 10.5. The third kappa shape index (κ3) is 4.12. The highest BCUT2D eigenvalue weighted by atomic mass is 19.1. The molecule has 4 N–H and O–H groups in total. The molecule has 1 aromatic heterocycles. The molecule has 0 saturated carbocycles. The quantitative estimate of drug-likeness (QED) is 0.463. The highest BCUT2D eigenvalue weighted by Gasteiger charge is 2.44. The number of aliphatic hydroxyl groups excluding tert-OH is 4. The molecule has 1 aliphatic heterocycles. The van der Waals surface area contributed by atoms with Crippen LogP contribution in [0.15, 0.2) is 42.6 Å². The summed E-state index contributed by atoms with van der Waals surface area (Å²) in [4.78, 5) is 0. The number of benzene rings is 2. The lowest BCUT2D eigenvalue weighted by molar-refractivity contribution is -0.231. The van der Waals surface area contributed by atoms with E-state index in [1.165, 1.54) is 6.07 Å². The van der Waals surface area contributed by atoms with Crippen molar-refractivity contribution in [1.82, 2.24) is 4.57 Å². The Hall–Kier alpha value is -2.49. The second kappa shape index (κ2) is 9.17. The van der Waals surface area contributed by atoms with Crippen LogP contribution < -0.4 is 4.74 Å². The van der Waals surface area contributed by atoms with Gasteiger partial charge in [0.25, 0.3) is 0 Å². The lowest BCUT2D eigenvalue weighted by Crippen LogP contribution is -2.55. The molecule has 1 fully saturated rings. The van der Waals surface area contributed by atoms with Gasteiger partial charge in [-0.25, -0.2) is 4.39 Å². The highest BCUT2D eigenvalue weighted by Crippen LogP contribution is 2.37. The molecule has 8 heteroatoms. The minimum Gasteiger partial charge on any atom is -0.494 e. The van der Waals surface area contributed by atoms with E-state index in [4.69, 9.17) is 9.47 Å². The number of ether oxygens (including phenoxy) is 2. The normalized spacial score (nSPS) is 25.9. The molecule has 2 heterocycles. The van der Waals surface area contributed by atoms with E-state index in [0.29, 0.717) is 23.5 Å². The second-order valence-corrected chi connectivity index (χ2v) is 8.17. The van der Waals surface area contributed by atoms with Crippen LogP contribution in [0, 0.1) is 12.7 Å². The van der Waals surface area contributed by atoms with Crippen molar-refractivity contribution < 1.29 is 34.3 Å². The van der Waals surface area contributed by atoms with Crippen molar-refractivity contribution >= 4 is 10.9 Å². The fraction of sp³-hybridized carbons (Fsp3) is 0.417. The van der Waals surface area contributed by atoms with Gasteiger partial charge in [-0.05, 0) is 32.0 Å². The summed E-state index contributed by atoms with van der Waals surface area (Å²) in [5.74, 6) is 0.0723. The Bertz CT molecular complexity index is 1100. The molecule has 0 unspecified atom stereocenters. The molecule has 7 nitrogen and oxygen atoms in total. The van der Waals surface area contributed by atoms with Crippen molar-refractivity contribution in [2.75, 3.05) is 13.2 Å². The number of aryl methyl sites for hydroxylation is 1. The SMILES string of the molecule is CCOc1ccc(Cn2cc([C@@H]3O[C@H](CO)[C@@H](O)[C@H](O)[C@H]3O)c3cc(C)ccc32)c(F)c1. The van der Waals surface area contributed by atoms with E-state index in [2.05, 4.69) is 0 Å². The molecular formula is C24H28FNO6. The summed E-state index contributed by atoms with van der Waals surface area (Å²) in [5, 5.41) is 41.3. The maximum atomic E-state index is 14.7. The topological polar surface area (TPSA) is 104 Å². The van der Waals surface area contributed by atoms with Gasteiger partial charge in [0, 0.05) is 34.3 Å². The molecule has 4 rings (SSSR count). The first-order valence-electron chi connectivity index (χ1n) is 10.6. The number of rotatable bonds is 6. The van der Waals surface area contributed by atoms with E-state index in [-0.39, 0.29) is 12.4 Å². The van der Waals surface area contributed by atoms with E-state index in [9.17, 15) is 24.8 Å². The van der Waals surface area contributed by atoms with Gasteiger partial charge in [0.1, 0.15) is 42.1 Å². The minimum atomic E-state index is -1.47. The number of hydrogen-bond donors (Lipinski definition) is 4. The van der Waals surface area contributed by atoms with Gasteiger partial charge in [-0.15, -0.1) is 0 Å². The van der Waals surface area contributed by atoms with Gasteiger partial charge in [-0.1, -0.05) is 17.7 Å². The maximum absolute atomic E-state index is 14.7. The van der Waals surface area contributed by atoms with E-state index >= 15 is 0 Å². The van der Waals surface area contributed by atoms with E-state index in [1.54, 1.807) is 18.3 Å². The molecule has 1 saturated heterocycles. The van der Waals surface area contributed by atoms with Crippen molar-refractivity contribution in [1.29, 1.82) is 0 Å². The lowest BCUT2D eigenvalue weighted by Gasteiger charge is -2.40. The average molecular weight is 445 g/mol. The van der Waals surface area contributed by atoms with Crippen LogP contribution in [0.1, 0.15) is 29.7 Å². The molecule has 0 spiro atoms. The molecule has 32 heavy (non-hydrogen) atoms. The molecule has 0 radical (unpaired) electrons. The van der Waals surface area contributed by atoms with Crippen molar-refractivity contribution in [3.8, 4) is 5.75 Å². The fourth-order valence-corrected chi connectivity index (χ4v) is 4.25. The number of aliphatic hydroxyl groups is 4. The largest absolute Gasteiger partial charge is 0.494 e. The van der Waals surface area contributed by atoms with Crippen LogP contribution in [0.4, 0.5) is 4.39 Å². The Morgan fingerprint density at radius 3 is 2.53 bits per heavy atom. The first kappa shape index (κ1) is 22.7. The summed E-state index contributed by atoms with van der Waals surface area (Å²) < 4.78 is 27.7. The molecule has 1 aliphatic rings. The predicted molar refractivity (Wildman–Crippen MR) is 116 cm³/mol. The van der Waals surface area contributed by atoms with Gasteiger partial charge >= 0.3 is 0 Å². The summed E-state index contributed by atoms with van der Waals surface area (Å²) in [6.45, 7) is 3.94. The monoisotopic (exact) mass is 445 g/mol. The molecule has 0 aliphatic carbocycles. The van der Waals surface area contributed by atoms with Crippen molar-refractivity contribution in [2.45, 2.75) is 50.9 Å². The third-order valence-electron chi connectivity index (χ3n) is 5.94. The van der Waals surface area contributed by atoms with Crippen LogP contribution in [0.25, 0.3) is 10.9 Å². The van der Waals surface area contributed by atoms with Crippen LogP contribution in [0.5, 0.6) is 5.75 Å². The Labute approximate surface area is 185 Å². The van der Waals surface area contributed by atoms with Gasteiger partial charge < -0.3 is 34.5 Å². The third-order valence-corrected chi connectivity index (χ3v) is 5.94. The Kier molecular flexibility index (Phi) is 6.50. The number of nitrogens with zero attached hydrogens (tertiary/aromatic N) is 1. The Morgan fingerprint density at radius 2 is 1.84 bits per heavy atom. The van der Waals surface area contributed by atoms with E-state index < -0.39 is 37.1 Å². The second-order valence-electron chi connectivity index (χ2n) is 8.17. The van der Waals surface area contributed by atoms with E-state index in [1.807, 2.05) is 36.6 Å². The van der Waals surface area contributed by atoms with Gasteiger partial charge in [0.05, 0.1) is 19.8 Å². The fourth-order valence-electron chi connectivity index (χ4n) is 4.25. The number of fused-ring (bicyclic) bond motifs is 1. The minimum absolute atomic E-state index is 0.231. The van der Waals surface area contributed by atoms with Crippen molar-refractivity contribution in [2.24, 2.45) is 0 Å². The molecule has 2 aromatic carbocycles. The molecule has 0 bridgehead atoms. The van der Waals surface area contributed by atoms with Crippen LogP contribution >= 0.6 is 0 Å². The van der Waals surface area contributed by atoms with Crippen LogP contribution in [-0.4, -0.2) is 62.6 Å². The average Bonchev–Trinajstić information content (AvgIpc) is 3.11. The van der Waals surface area contributed by atoms with Gasteiger partial charge in [-0.3, -0.25) is 0 Å². The first-order chi connectivity index (χ1) is 15.3. The molecule has 5 atom stereocenters. The molecule has 3 aromatic rings. The highest BCUT2D eigenvalue weighted by molar-refractivity contribution is 5.85. The van der Waals surface area contributed by atoms with Gasteiger partial charge in [0.2, 0.25) is 0 Å². The number of aromatic nitrogens is 1. The van der Waals surface area contributed by atoms with Gasteiger partial charge in [0.15, 0.2) is 0 Å². The maximum Gasteiger partial charge on any atom is 0.131 e. The zero-order valence-electron chi connectivity index (χ0n) is 18.0. The lowest BCUT2D eigenvalue weighted by atomic mass is 9.91. The summed E-state index contributed by atoms with van der Waals surface area (Å²) in [5.41, 5.74) is 2.84. The Morgan fingerprint density at radius 1 is 1.06 bits per heavy atom. The Balaban J connectivity index is 1.75. The number of halogens is 1. The molecule has 0 amide bonds. The van der Waals surface area contributed by atoms with Crippen molar-refractivity contribution in [3.63, 3.8) is 0 Å². The van der Waals surface area contributed by atoms with Crippen LogP contribution in [0.2, 0.25) is 0 Å². The van der Waals surface area contributed by atoms with Gasteiger partial charge in [-0.2, -0.15) is 0 Å². The van der Waals surface area contributed by atoms with Crippen molar-refractivity contribution in [3.05, 3.63) is 65.1 Å². The standard InChI is InChI=1S/C24H28FNO6/c1-3-31-15-6-5-14(18(25)9-15)10-26-11-17(16-8-13(2)4-7-19(16)26)24-23(30)22(29)21(28)20(12-27)32-24/h4-9,11,20-24,27-30H,3,10,12H2,1-2H3/t20-,21-,22+,23-,24+/m1/s1. The van der Waals surface area contributed by atoms with E-state index in [0.717, 1.165) is 16.5 Å². The summed E-state index contributed by atoms with van der Waals surface area (Å²) in [7, 11) is 0.